The number of ether oxygens (including phenoxy) is 3. The van der Waals surface area contributed by atoms with Crippen LogP contribution in [0.2, 0.25) is 0 Å². The molecule has 0 saturated carbocycles. The van der Waals surface area contributed by atoms with Gasteiger partial charge in [0.25, 0.3) is 0 Å². The normalized spacial score (nSPS) is 12.0. The molecule has 0 radical (unpaired) electrons. The molecule has 0 saturated heterocycles. The van der Waals surface area contributed by atoms with Crippen LogP contribution in [-0.2, 0) is 28.6 Å². The van der Waals surface area contributed by atoms with Crippen LogP contribution in [0.4, 0.5) is 0 Å². The van der Waals surface area contributed by atoms with Gasteiger partial charge in [-0.3, -0.25) is 14.4 Å². The lowest BCUT2D eigenvalue weighted by Crippen LogP contribution is -2.30. The molecule has 0 aliphatic rings. The molecule has 0 bridgehead atoms. The van der Waals surface area contributed by atoms with Gasteiger partial charge in [-0.05, 0) is 31.1 Å². The zero-order valence-corrected chi connectivity index (χ0v) is 45.3. The Kier molecular flexibility index (Phi) is 51.5. The van der Waals surface area contributed by atoms with E-state index in [1.165, 1.54) is 225 Å². The largest absolute Gasteiger partial charge is 0.462 e. The molecule has 0 rings (SSSR count). The third kappa shape index (κ3) is 53.4. The average Bonchev–Trinajstić information content (AvgIpc) is 3.29. The van der Waals surface area contributed by atoms with E-state index >= 15 is 0 Å². The van der Waals surface area contributed by atoms with E-state index in [9.17, 15) is 14.4 Å². The van der Waals surface area contributed by atoms with Gasteiger partial charge in [0, 0.05) is 19.3 Å². The van der Waals surface area contributed by atoms with Crippen molar-refractivity contribution in [3.63, 3.8) is 0 Å². The van der Waals surface area contributed by atoms with Crippen LogP contribution in [0, 0.1) is 11.8 Å². The van der Waals surface area contributed by atoms with Crippen molar-refractivity contribution in [2.75, 3.05) is 13.2 Å². The first-order valence-electron chi connectivity index (χ1n) is 29.7. The van der Waals surface area contributed by atoms with Crippen LogP contribution in [0.1, 0.15) is 336 Å². The van der Waals surface area contributed by atoms with E-state index < -0.39 is 6.10 Å². The second-order valence-corrected chi connectivity index (χ2v) is 21.6. The molecule has 0 aromatic rings. The Balaban J connectivity index is 4.27. The first-order valence-corrected chi connectivity index (χ1v) is 29.7. The van der Waals surface area contributed by atoms with E-state index in [-0.39, 0.29) is 31.1 Å². The molecule has 1 atom stereocenters. The Bertz CT molecular complexity index is 1010. The van der Waals surface area contributed by atoms with Gasteiger partial charge in [-0.2, -0.15) is 0 Å². The van der Waals surface area contributed by atoms with Crippen molar-refractivity contribution in [2.24, 2.45) is 11.8 Å². The standard InChI is InChI=1S/C60H116O6/c1-6-7-8-9-10-11-12-18-25-30-35-40-45-50-58(61)64-53-57(66-60(63)52-47-42-37-32-27-22-17-20-24-29-34-39-44-49-56(4)5)54-65-59(62)51-46-41-36-31-26-21-16-14-13-15-19-23-28-33-38-43-48-55(2)3/h55-57H,6-54H2,1-5H3/t57-/m1/s1. The minimum atomic E-state index is -0.763. The van der Waals surface area contributed by atoms with Gasteiger partial charge < -0.3 is 14.2 Å². The highest BCUT2D eigenvalue weighted by atomic mass is 16.6. The molecular formula is C60H116O6. The highest BCUT2D eigenvalue weighted by Gasteiger charge is 2.19. The summed E-state index contributed by atoms with van der Waals surface area (Å²) < 4.78 is 16.9. The molecule has 6 heteroatoms. The highest BCUT2D eigenvalue weighted by Crippen LogP contribution is 2.18. The van der Waals surface area contributed by atoms with Gasteiger partial charge in [0.05, 0.1) is 0 Å². The first-order chi connectivity index (χ1) is 32.2. The average molecular weight is 934 g/mol. The van der Waals surface area contributed by atoms with E-state index in [2.05, 4.69) is 34.6 Å². The van der Waals surface area contributed by atoms with Crippen molar-refractivity contribution >= 4 is 17.9 Å². The van der Waals surface area contributed by atoms with Crippen LogP contribution in [0.25, 0.3) is 0 Å². The van der Waals surface area contributed by atoms with Gasteiger partial charge >= 0.3 is 17.9 Å². The zero-order chi connectivity index (χ0) is 48.2. The van der Waals surface area contributed by atoms with E-state index in [4.69, 9.17) is 14.2 Å². The zero-order valence-electron chi connectivity index (χ0n) is 45.3. The third-order valence-electron chi connectivity index (χ3n) is 13.7. The maximum absolute atomic E-state index is 12.9. The maximum Gasteiger partial charge on any atom is 0.306 e. The van der Waals surface area contributed by atoms with E-state index in [0.29, 0.717) is 19.3 Å². The Labute approximate surface area is 412 Å². The highest BCUT2D eigenvalue weighted by molar-refractivity contribution is 5.71. The van der Waals surface area contributed by atoms with Crippen molar-refractivity contribution in [3.8, 4) is 0 Å². The number of rotatable bonds is 54. The molecule has 6 nitrogen and oxygen atoms in total. The molecule has 0 aromatic heterocycles. The predicted molar refractivity (Wildman–Crippen MR) is 284 cm³/mol. The Morgan fingerprint density at radius 3 is 0.742 bits per heavy atom. The number of carbonyl (C=O) groups is 3. The van der Waals surface area contributed by atoms with Crippen molar-refractivity contribution in [3.05, 3.63) is 0 Å². The van der Waals surface area contributed by atoms with Crippen LogP contribution in [0.15, 0.2) is 0 Å². The van der Waals surface area contributed by atoms with Crippen LogP contribution in [0.3, 0.4) is 0 Å². The maximum atomic E-state index is 12.9. The molecule has 0 amide bonds. The lowest BCUT2D eigenvalue weighted by Gasteiger charge is -2.18. The smallest absolute Gasteiger partial charge is 0.306 e. The molecule has 0 aliphatic carbocycles. The van der Waals surface area contributed by atoms with Gasteiger partial charge in [-0.1, -0.05) is 298 Å². The first kappa shape index (κ1) is 64.4. The van der Waals surface area contributed by atoms with Crippen molar-refractivity contribution < 1.29 is 28.6 Å². The summed E-state index contributed by atoms with van der Waals surface area (Å²) in [7, 11) is 0. The number of esters is 3. The summed E-state index contributed by atoms with van der Waals surface area (Å²) in [6, 6.07) is 0. The van der Waals surface area contributed by atoms with Crippen molar-refractivity contribution in [1.82, 2.24) is 0 Å². The van der Waals surface area contributed by atoms with Crippen LogP contribution < -0.4 is 0 Å². The van der Waals surface area contributed by atoms with E-state index in [1.807, 2.05) is 0 Å². The van der Waals surface area contributed by atoms with Gasteiger partial charge in [0.15, 0.2) is 6.10 Å². The molecule has 0 unspecified atom stereocenters. The van der Waals surface area contributed by atoms with Crippen LogP contribution in [-0.4, -0.2) is 37.2 Å². The van der Waals surface area contributed by atoms with Gasteiger partial charge in [0.1, 0.15) is 13.2 Å². The Morgan fingerprint density at radius 2 is 0.500 bits per heavy atom. The summed E-state index contributed by atoms with van der Waals surface area (Å²) in [6.45, 7) is 11.4. The minimum absolute atomic E-state index is 0.0623. The van der Waals surface area contributed by atoms with Crippen molar-refractivity contribution in [2.45, 2.75) is 343 Å². The molecule has 0 N–H and O–H groups in total. The van der Waals surface area contributed by atoms with Gasteiger partial charge in [-0.15, -0.1) is 0 Å². The summed E-state index contributed by atoms with van der Waals surface area (Å²) in [5.41, 5.74) is 0. The minimum Gasteiger partial charge on any atom is -0.462 e. The summed E-state index contributed by atoms with van der Waals surface area (Å²) in [5, 5.41) is 0. The van der Waals surface area contributed by atoms with Crippen molar-refractivity contribution in [1.29, 1.82) is 0 Å². The van der Waals surface area contributed by atoms with Gasteiger partial charge in [0.2, 0.25) is 0 Å². The second-order valence-electron chi connectivity index (χ2n) is 21.6. The molecule has 0 spiro atoms. The second kappa shape index (κ2) is 52.8. The van der Waals surface area contributed by atoms with Crippen LogP contribution >= 0.6 is 0 Å². The summed E-state index contributed by atoms with van der Waals surface area (Å²) in [6.07, 6.45) is 56.6. The fraction of sp³-hybridized carbons (Fsp3) is 0.950. The summed E-state index contributed by atoms with van der Waals surface area (Å²) >= 11 is 0. The Hall–Kier alpha value is -1.59. The van der Waals surface area contributed by atoms with Crippen LogP contribution in [0.5, 0.6) is 0 Å². The molecule has 392 valence electrons. The third-order valence-corrected chi connectivity index (χ3v) is 13.7. The quantitative estimate of drug-likeness (QED) is 0.0343. The molecule has 0 aliphatic heterocycles. The molecular weight excluding hydrogens is 817 g/mol. The predicted octanol–water partition coefficient (Wildman–Crippen LogP) is 19.7. The van der Waals surface area contributed by atoms with Gasteiger partial charge in [-0.25, -0.2) is 0 Å². The fourth-order valence-corrected chi connectivity index (χ4v) is 9.23. The molecule has 0 aromatic carbocycles. The molecule has 0 fully saturated rings. The number of unbranched alkanes of at least 4 members (excludes halogenated alkanes) is 39. The lowest BCUT2D eigenvalue weighted by molar-refractivity contribution is -0.167. The summed E-state index contributed by atoms with van der Waals surface area (Å²) in [4.78, 5) is 38.2. The molecule has 66 heavy (non-hydrogen) atoms. The fourth-order valence-electron chi connectivity index (χ4n) is 9.23. The topological polar surface area (TPSA) is 78.9 Å². The molecule has 0 heterocycles. The Morgan fingerprint density at radius 1 is 0.288 bits per heavy atom. The SMILES string of the molecule is CCCCCCCCCCCCCCCC(=O)OC[C@H](COC(=O)CCCCCCCCCCCCCCCCCCC(C)C)OC(=O)CCCCCCCCCCCCCCCC(C)C. The summed E-state index contributed by atoms with van der Waals surface area (Å²) in [5.74, 6) is 0.855. The van der Waals surface area contributed by atoms with E-state index in [1.54, 1.807) is 0 Å². The lowest BCUT2D eigenvalue weighted by atomic mass is 10.0. The number of hydrogen-bond donors (Lipinski definition) is 0. The number of hydrogen-bond acceptors (Lipinski definition) is 6. The number of carbonyl (C=O) groups excluding carboxylic acids is 3. The van der Waals surface area contributed by atoms with E-state index in [0.717, 1.165) is 69.6 Å². The monoisotopic (exact) mass is 933 g/mol.